The molecule has 0 aromatic heterocycles. The van der Waals surface area contributed by atoms with Gasteiger partial charge >= 0.3 is 0 Å². The maximum atomic E-state index is 12.0. The molecular formula is C17H26N2O2. The molecule has 1 saturated carbocycles. The van der Waals surface area contributed by atoms with Crippen LogP contribution in [0, 0.1) is 12.8 Å². The zero-order valence-electron chi connectivity index (χ0n) is 12.8. The van der Waals surface area contributed by atoms with Crippen molar-refractivity contribution < 1.29 is 9.90 Å². The molecular weight excluding hydrogens is 264 g/mol. The van der Waals surface area contributed by atoms with Crippen LogP contribution in [0.1, 0.15) is 37.7 Å². The van der Waals surface area contributed by atoms with Crippen LogP contribution in [-0.2, 0) is 4.79 Å². The number of amides is 1. The van der Waals surface area contributed by atoms with Crippen LogP contribution in [-0.4, -0.2) is 30.2 Å². The molecule has 0 heterocycles. The van der Waals surface area contributed by atoms with Crippen LogP contribution >= 0.6 is 0 Å². The number of carbonyl (C=O) groups is 1. The third-order valence-electron chi connectivity index (χ3n) is 4.25. The standard InChI is InChI=1S/C17H26N2O2/c1-13-7-9-15(10-8-13)19-17(21)11-18-16-6-4-2-3-5-14(16)12-20/h7-10,14,16,18,20H,2-6,11-12H2,1H3,(H,19,21)/t14-,16-/m0/s1. The predicted molar refractivity (Wildman–Crippen MR) is 85.3 cm³/mol. The predicted octanol–water partition coefficient (Wildman–Crippen LogP) is 2.46. The Labute approximate surface area is 126 Å². The number of aliphatic hydroxyl groups excluding tert-OH is 1. The maximum Gasteiger partial charge on any atom is 0.238 e. The van der Waals surface area contributed by atoms with Gasteiger partial charge in [0.1, 0.15) is 0 Å². The lowest BCUT2D eigenvalue weighted by molar-refractivity contribution is -0.115. The van der Waals surface area contributed by atoms with Gasteiger partial charge in [-0.3, -0.25) is 4.79 Å². The van der Waals surface area contributed by atoms with E-state index in [0.717, 1.165) is 18.5 Å². The van der Waals surface area contributed by atoms with Crippen LogP contribution in [0.25, 0.3) is 0 Å². The second-order valence-corrected chi connectivity index (χ2v) is 5.98. The van der Waals surface area contributed by atoms with Gasteiger partial charge in [0.15, 0.2) is 0 Å². The molecule has 1 amide bonds. The van der Waals surface area contributed by atoms with Crippen LogP contribution < -0.4 is 10.6 Å². The Morgan fingerprint density at radius 3 is 2.62 bits per heavy atom. The fourth-order valence-electron chi connectivity index (χ4n) is 2.94. The minimum Gasteiger partial charge on any atom is -0.396 e. The molecule has 0 radical (unpaired) electrons. The fraction of sp³-hybridized carbons (Fsp3) is 0.588. The number of hydrogen-bond acceptors (Lipinski definition) is 3. The van der Waals surface area contributed by atoms with E-state index in [1.54, 1.807) is 0 Å². The molecule has 1 aromatic rings. The van der Waals surface area contributed by atoms with E-state index in [1.165, 1.54) is 24.8 Å². The number of benzene rings is 1. The minimum atomic E-state index is -0.0280. The lowest BCUT2D eigenvalue weighted by Gasteiger charge is -2.24. The molecule has 116 valence electrons. The topological polar surface area (TPSA) is 61.4 Å². The van der Waals surface area contributed by atoms with Crippen molar-refractivity contribution in [3.05, 3.63) is 29.8 Å². The Bertz CT molecular complexity index is 445. The molecule has 0 unspecified atom stereocenters. The average molecular weight is 290 g/mol. The molecule has 2 rings (SSSR count). The summed E-state index contributed by atoms with van der Waals surface area (Å²) in [5.74, 6) is 0.250. The van der Waals surface area contributed by atoms with Crippen molar-refractivity contribution in [1.82, 2.24) is 5.32 Å². The summed E-state index contributed by atoms with van der Waals surface area (Å²) in [7, 11) is 0. The van der Waals surface area contributed by atoms with E-state index >= 15 is 0 Å². The Morgan fingerprint density at radius 1 is 1.19 bits per heavy atom. The van der Waals surface area contributed by atoms with Gasteiger partial charge < -0.3 is 15.7 Å². The zero-order chi connectivity index (χ0) is 15.1. The second-order valence-electron chi connectivity index (χ2n) is 5.98. The highest BCUT2D eigenvalue weighted by Gasteiger charge is 2.23. The van der Waals surface area contributed by atoms with Crippen LogP contribution in [0.3, 0.4) is 0 Å². The number of anilines is 1. The summed E-state index contributed by atoms with van der Waals surface area (Å²) in [5.41, 5.74) is 2.00. The first-order chi connectivity index (χ1) is 10.2. The summed E-state index contributed by atoms with van der Waals surface area (Å²) in [6.45, 7) is 2.53. The molecule has 1 fully saturated rings. The number of nitrogens with one attached hydrogen (secondary N) is 2. The van der Waals surface area contributed by atoms with Gasteiger partial charge in [0.25, 0.3) is 0 Å². The molecule has 3 N–H and O–H groups in total. The minimum absolute atomic E-state index is 0.0280. The van der Waals surface area contributed by atoms with Crippen LogP contribution in [0.2, 0.25) is 0 Å². The highest BCUT2D eigenvalue weighted by molar-refractivity contribution is 5.92. The van der Waals surface area contributed by atoms with Crippen molar-refractivity contribution in [2.24, 2.45) is 5.92 Å². The van der Waals surface area contributed by atoms with Crippen molar-refractivity contribution >= 4 is 11.6 Å². The average Bonchev–Trinajstić information content (AvgIpc) is 2.72. The summed E-state index contributed by atoms with van der Waals surface area (Å²) in [4.78, 5) is 12.0. The van der Waals surface area contributed by atoms with E-state index in [0.29, 0.717) is 6.54 Å². The Morgan fingerprint density at radius 2 is 1.90 bits per heavy atom. The lowest BCUT2D eigenvalue weighted by atomic mass is 9.96. The van der Waals surface area contributed by atoms with E-state index in [9.17, 15) is 9.90 Å². The highest BCUT2D eigenvalue weighted by atomic mass is 16.3. The number of rotatable bonds is 5. The monoisotopic (exact) mass is 290 g/mol. The summed E-state index contributed by atoms with van der Waals surface area (Å²) in [5, 5.41) is 15.7. The Kier molecular flexibility index (Phi) is 6.21. The molecule has 4 nitrogen and oxygen atoms in total. The summed E-state index contributed by atoms with van der Waals surface area (Å²) < 4.78 is 0. The van der Waals surface area contributed by atoms with E-state index in [-0.39, 0.29) is 24.5 Å². The maximum absolute atomic E-state index is 12.0. The van der Waals surface area contributed by atoms with Crippen molar-refractivity contribution in [1.29, 1.82) is 0 Å². The molecule has 0 spiro atoms. The largest absolute Gasteiger partial charge is 0.396 e. The first kappa shape index (κ1) is 16.0. The zero-order valence-corrected chi connectivity index (χ0v) is 12.8. The summed E-state index contributed by atoms with van der Waals surface area (Å²) in [6.07, 6.45) is 5.67. The van der Waals surface area contributed by atoms with Crippen LogP contribution in [0.5, 0.6) is 0 Å². The first-order valence-electron chi connectivity index (χ1n) is 7.90. The van der Waals surface area contributed by atoms with Gasteiger partial charge in [-0.05, 0) is 37.8 Å². The molecule has 1 aliphatic carbocycles. The molecule has 21 heavy (non-hydrogen) atoms. The quantitative estimate of drug-likeness (QED) is 0.730. The lowest BCUT2D eigenvalue weighted by Crippen LogP contribution is -2.41. The van der Waals surface area contributed by atoms with E-state index in [1.807, 2.05) is 31.2 Å². The molecule has 2 atom stereocenters. The van der Waals surface area contributed by atoms with Crippen molar-refractivity contribution in [3.63, 3.8) is 0 Å². The number of hydrogen-bond donors (Lipinski definition) is 3. The van der Waals surface area contributed by atoms with Gasteiger partial charge in [-0.2, -0.15) is 0 Å². The molecule has 0 bridgehead atoms. The third-order valence-corrected chi connectivity index (χ3v) is 4.25. The van der Waals surface area contributed by atoms with Crippen molar-refractivity contribution in [2.45, 2.75) is 45.1 Å². The van der Waals surface area contributed by atoms with Gasteiger partial charge in [-0.15, -0.1) is 0 Å². The van der Waals surface area contributed by atoms with E-state index in [4.69, 9.17) is 0 Å². The van der Waals surface area contributed by atoms with Gasteiger partial charge in [-0.25, -0.2) is 0 Å². The van der Waals surface area contributed by atoms with E-state index in [2.05, 4.69) is 10.6 Å². The van der Waals surface area contributed by atoms with Gasteiger partial charge in [0.2, 0.25) is 5.91 Å². The van der Waals surface area contributed by atoms with Gasteiger partial charge in [0, 0.05) is 18.3 Å². The summed E-state index contributed by atoms with van der Waals surface area (Å²) in [6, 6.07) is 8.04. The Hall–Kier alpha value is -1.39. The smallest absolute Gasteiger partial charge is 0.238 e. The van der Waals surface area contributed by atoms with Gasteiger partial charge in [-0.1, -0.05) is 37.0 Å². The number of carbonyl (C=O) groups excluding carboxylic acids is 1. The normalized spacial score (nSPS) is 22.6. The molecule has 4 heteroatoms. The molecule has 0 saturated heterocycles. The molecule has 0 aliphatic heterocycles. The number of aliphatic hydroxyl groups is 1. The van der Waals surface area contributed by atoms with Crippen molar-refractivity contribution in [3.8, 4) is 0 Å². The second kappa shape index (κ2) is 8.15. The van der Waals surface area contributed by atoms with Gasteiger partial charge in [0.05, 0.1) is 6.54 Å². The first-order valence-corrected chi connectivity index (χ1v) is 7.90. The number of aryl methyl sites for hydroxylation is 1. The summed E-state index contributed by atoms with van der Waals surface area (Å²) >= 11 is 0. The third kappa shape index (κ3) is 5.14. The van der Waals surface area contributed by atoms with Crippen molar-refractivity contribution in [2.75, 3.05) is 18.5 Å². The van der Waals surface area contributed by atoms with Crippen LogP contribution in [0.15, 0.2) is 24.3 Å². The molecule has 1 aromatic carbocycles. The SMILES string of the molecule is Cc1ccc(NC(=O)CN[C@H]2CCCCC[C@H]2CO)cc1. The molecule has 1 aliphatic rings. The fourth-order valence-corrected chi connectivity index (χ4v) is 2.94. The van der Waals surface area contributed by atoms with E-state index < -0.39 is 0 Å². The Balaban J connectivity index is 1.80. The van der Waals surface area contributed by atoms with Crippen LogP contribution in [0.4, 0.5) is 5.69 Å². The highest BCUT2D eigenvalue weighted by Crippen LogP contribution is 2.23.